The third kappa shape index (κ3) is 6.36. The van der Waals surface area contributed by atoms with E-state index in [1.54, 1.807) is 4.90 Å². The third-order valence-electron chi connectivity index (χ3n) is 3.77. The third-order valence-corrected chi connectivity index (χ3v) is 3.77. The maximum Gasteiger partial charge on any atom is 0.410 e. The van der Waals surface area contributed by atoms with Crippen LogP contribution in [0.2, 0.25) is 0 Å². The molecule has 1 aromatic rings. The van der Waals surface area contributed by atoms with Crippen molar-refractivity contribution in [1.29, 1.82) is 0 Å². The summed E-state index contributed by atoms with van der Waals surface area (Å²) in [5.74, 6) is -0.355. The Morgan fingerprint density at radius 3 is 2.56 bits per heavy atom. The minimum absolute atomic E-state index is 0.0490. The van der Waals surface area contributed by atoms with Gasteiger partial charge in [0.25, 0.3) is 0 Å². The quantitative estimate of drug-likeness (QED) is 0.778. The number of hydrogen-bond donors (Lipinski definition) is 2. The minimum atomic E-state index is -0.548. The fourth-order valence-corrected chi connectivity index (χ4v) is 2.52. The second-order valence-corrected chi connectivity index (χ2v) is 7.18. The first-order valence-corrected chi connectivity index (χ1v) is 8.41. The number of hydrogen-bond acceptors (Lipinski definition) is 6. The van der Waals surface area contributed by atoms with Gasteiger partial charge in [0, 0.05) is 25.2 Å². The summed E-state index contributed by atoms with van der Waals surface area (Å²) in [6, 6.07) is 9.06. The van der Waals surface area contributed by atoms with E-state index in [-0.39, 0.29) is 37.3 Å². The van der Waals surface area contributed by atoms with Crippen molar-refractivity contribution < 1.29 is 19.1 Å². The van der Waals surface area contributed by atoms with Gasteiger partial charge in [0.05, 0.1) is 6.54 Å². The van der Waals surface area contributed by atoms with Crippen LogP contribution in [0.1, 0.15) is 26.3 Å². The lowest BCUT2D eigenvalue weighted by Gasteiger charge is -2.24. The topological polar surface area (TPSA) is 93.9 Å². The number of rotatable bonds is 5. The van der Waals surface area contributed by atoms with Crippen LogP contribution in [0, 0.1) is 0 Å². The van der Waals surface area contributed by atoms with E-state index in [1.807, 2.05) is 51.1 Å². The van der Waals surface area contributed by atoms with E-state index in [9.17, 15) is 9.59 Å². The van der Waals surface area contributed by atoms with Gasteiger partial charge in [0.2, 0.25) is 0 Å². The summed E-state index contributed by atoms with van der Waals surface area (Å²) in [6.45, 7) is 6.54. The van der Waals surface area contributed by atoms with Gasteiger partial charge in [-0.25, -0.2) is 4.79 Å². The zero-order chi connectivity index (χ0) is 18.4. The summed E-state index contributed by atoms with van der Waals surface area (Å²) in [5.41, 5.74) is 6.45. The van der Waals surface area contributed by atoms with Crippen molar-refractivity contribution in [2.24, 2.45) is 5.73 Å². The van der Waals surface area contributed by atoms with Gasteiger partial charge in [-0.2, -0.15) is 0 Å². The van der Waals surface area contributed by atoms with Crippen LogP contribution in [0.15, 0.2) is 30.3 Å². The number of nitrogens with one attached hydrogen (secondary N) is 1. The first kappa shape index (κ1) is 19.2. The molecule has 1 aliphatic rings. The average Bonchev–Trinajstić information content (AvgIpc) is 2.91. The molecule has 1 fully saturated rings. The molecule has 1 amide bonds. The Balaban J connectivity index is 1.73. The van der Waals surface area contributed by atoms with Gasteiger partial charge in [-0.05, 0) is 26.3 Å². The number of ether oxygens (including phenoxy) is 2. The molecule has 0 bridgehead atoms. The van der Waals surface area contributed by atoms with E-state index in [1.165, 1.54) is 0 Å². The van der Waals surface area contributed by atoms with E-state index in [4.69, 9.17) is 15.2 Å². The van der Waals surface area contributed by atoms with E-state index in [0.29, 0.717) is 13.1 Å². The highest BCUT2D eigenvalue weighted by Gasteiger charge is 2.35. The molecular formula is C18H27N3O4. The molecule has 0 aliphatic carbocycles. The number of nitrogens with zero attached hydrogens (tertiary/aromatic N) is 1. The molecule has 1 aromatic carbocycles. The van der Waals surface area contributed by atoms with Gasteiger partial charge in [-0.3, -0.25) is 4.79 Å². The number of carbonyl (C=O) groups is 2. The van der Waals surface area contributed by atoms with Gasteiger partial charge in [0.1, 0.15) is 12.2 Å². The molecule has 7 heteroatoms. The molecule has 3 N–H and O–H groups in total. The molecule has 1 aliphatic heterocycles. The van der Waals surface area contributed by atoms with Crippen LogP contribution in [-0.2, 0) is 20.9 Å². The standard InChI is InChI=1S/C18H27N3O4/c1-18(2,3)25-17(23)21-10-14(19)15(11-21)20-9-16(22)24-12-13-7-5-4-6-8-13/h4-8,14-15,20H,9-12,19H2,1-3H3/t14-,15-/m1/s1. The first-order chi connectivity index (χ1) is 11.7. The Labute approximate surface area is 148 Å². The van der Waals surface area contributed by atoms with E-state index < -0.39 is 5.60 Å². The van der Waals surface area contributed by atoms with Crippen molar-refractivity contribution in [3.05, 3.63) is 35.9 Å². The summed E-state index contributed by atoms with van der Waals surface area (Å²) in [7, 11) is 0. The summed E-state index contributed by atoms with van der Waals surface area (Å²) in [6.07, 6.45) is -0.390. The van der Waals surface area contributed by atoms with Crippen LogP contribution in [0.5, 0.6) is 0 Å². The molecule has 2 atom stereocenters. The Kier molecular flexibility index (Phi) is 6.39. The van der Waals surface area contributed by atoms with Gasteiger partial charge >= 0.3 is 12.1 Å². The highest BCUT2D eigenvalue weighted by Crippen LogP contribution is 2.15. The number of nitrogens with two attached hydrogens (primary N) is 1. The zero-order valence-corrected chi connectivity index (χ0v) is 15.0. The monoisotopic (exact) mass is 349 g/mol. The van der Waals surface area contributed by atoms with Crippen LogP contribution >= 0.6 is 0 Å². The SMILES string of the molecule is CC(C)(C)OC(=O)N1C[C@@H](N)[C@H](NCC(=O)OCc2ccccc2)C1. The summed E-state index contributed by atoms with van der Waals surface area (Å²) in [5, 5.41) is 3.07. The van der Waals surface area contributed by atoms with E-state index >= 15 is 0 Å². The molecule has 0 aromatic heterocycles. The fraction of sp³-hybridized carbons (Fsp3) is 0.556. The first-order valence-electron chi connectivity index (χ1n) is 8.41. The summed E-state index contributed by atoms with van der Waals surface area (Å²) >= 11 is 0. The smallest absolute Gasteiger partial charge is 0.410 e. The summed E-state index contributed by atoms with van der Waals surface area (Å²) < 4.78 is 10.6. The Hall–Kier alpha value is -2.12. The van der Waals surface area contributed by atoms with Crippen LogP contribution in [0.4, 0.5) is 4.79 Å². The Morgan fingerprint density at radius 1 is 1.24 bits per heavy atom. The molecule has 2 rings (SSSR count). The van der Waals surface area contributed by atoms with E-state index in [2.05, 4.69) is 5.32 Å². The van der Waals surface area contributed by atoms with Crippen molar-refractivity contribution in [3.63, 3.8) is 0 Å². The largest absolute Gasteiger partial charge is 0.460 e. The lowest BCUT2D eigenvalue weighted by molar-refractivity contribution is -0.144. The van der Waals surface area contributed by atoms with Crippen molar-refractivity contribution in [2.75, 3.05) is 19.6 Å². The normalized spacial score (nSPS) is 20.4. The van der Waals surface area contributed by atoms with Crippen molar-refractivity contribution in [1.82, 2.24) is 10.2 Å². The maximum atomic E-state index is 12.1. The van der Waals surface area contributed by atoms with Crippen LogP contribution in [0.25, 0.3) is 0 Å². The van der Waals surface area contributed by atoms with Crippen molar-refractivity contribution >= 4 is 12.1 Å². The number of carbonyl (C=O) groups excluding carboxylic acids is 2. The van der Waals surface area contributed by atoms with Gasteiger partial charge < -0.3 is 25.4 Å². The van der Waals surface area contributed by atoms with Gasteiger partial charge in [0.15, 0.2) is 0 Å². The number of likely N-dealkylation sites (tertiary alicyclic amines) is 1. The van der Waals surface area contributed by atoms with Crippen LogP contribution < -0.4 is 11.1 Å². The molecule has 7 nitrogen and oxygen atoms in total. The van der Waals surface area contributed by atoms with Crippen molar-refractivity contribution in [2.45, 2.75) is 45.1 Å². The molecule has 0 radical (unpaired) electrons. The van der Waals surface area contributed by atoms with E-state index in [0.717, 1.165) is 5.56 Å². The predicted octanol–water partition coefficient (Wildman–Crippen LogP) is 1.27. The number of benzene rings is 1. The summed E-state index contributed by atoms with van der Waals surface area (Å²) in [4.78, 5) is 25.5. The Bertz CT molecular complexity index is 586. The Morgan fingerprint density at radius 2 is 1.92 bits per heavy atom. The number of amides is 1. The molecule has 138 valence electrons. The van der Waals surface area contributed by atoms with Crippen LogP contribution in [-0.4, -0.2) is 54.3 Å². The molecule has 1 saturated heterocycles. The molecular weight excluding hydrogens is 322 g/mol. The lowest BCUT2D eigenvalue weighted by Crippen LogP contribution is -2.46. The second kappa shape index (κ2) is 8.31. The molecule has 0 unspecified atom stereocenters. The highest BCUT2D eigenvalue weighted by atomic mass is 16.6. The maximum absolute atomic E-state index is 12.1. The fourth-order valence-electron chi connectivity index (χ4n) is 2.52. The molecule has 25 heavy (non-hydrogen) atoms. The molecule has 0 saturated carbocycles. The molecule has 1 heterocycles. The highest BCUT2D eigenvalue weighted by molar-refractivity contribution is 5.72. The predicted molar refractivity (Wildman–Crippen MR) is 93.8 cm³/mol. The second-order valence-electron chi connectivity index (χ2n) is 7.18. The average molecular weight is 349 g/mol. The van der Waals surface area contributed by atoms with Gasteiger partial charge in [-0.1, -0.05) is 30.3 Å². The minimum Gasteiger partial charge on any atom is -0.460 e. The van der Waals surface area contributed by atoms with Gasteiger partial charge in [-0.15, -0.1) is 0 Å². The van der Waals surface area contributed by atoms with Crippen molar-refractivity contribution in [3.8, 4) is 0 Å². The van der Waals surface area contributed by atoms with Crippen LogP contribution in [0.3, 0.4) is 0 Å². The zero-order valence-electron chi connectivity index (χ0n) is 15.0. The lowest BCUT2D eigenvalue weighted by atomic mass is 10.2. The molecule has 0 spiro atoms. The number of esters is 1.